The van der Waals surface area contributed by atoms with Crippen molar-refractivity contribution in [2.75, 3.05) is 7.11 Å². The van der Waals surface area contributed by atoms with Crippen molar-refractivity contribution in [2.45, 2.75) is 46.3 Å². The van der Waals surface area contributed by atoms with E-state index in [1.54, 1.807) is 12.1 Å². The van der Waals surface area contributed by atoms with E-state index in [2.05, 4.69) is 6.58 Å². The van der Waals surface area contributed by atoms with Gasteiger partial charge in [0.25, 0.3) is 0 Å². The molecule has 0 aromatic heterocycles. The van der Waals surface area contributed by atoms with Gasteiger partial charge in [0.05, 0.1) is 13.2 Å². The molecule has 1 atom stereocenters. The topological polar surface area (TPSA) is 65.0 Å². The van der Waals surface area contributed by atoms with Gasteiger partial charge < -0.3 is 19.3 Å². The van der Waals surface area contributed by atoms with E-state index >= 15 is 0 Å². The molecule has 5 heteroatoms. The molecule has 0 saturated heterocycles. The third kappa shape index (κ3) is 4.30. The van der Waals surface area contributed by atoms with Gasteiger partial charge in [0.1, 0.15) is 29.4 Å². The molecule has 2 aromatic carbocycles. The van der Waals surface area contributed by atoms with Gasteiger partial charge in [-0.15, -0.1) is 6.58 Å². The molecule has 1 unspecified atom stereocenters. The first-order valence-electron chi connectivity index (χ1n) is 9.82. The Morgan fingerprint density at radius 2 is 2.07 bits per heavy atom. The van der Waals surface area contributed by atoms with Crippen molar-refractivity contribution in [3.05, 3.63) is 64.7 Å². The number of fused-ring (bicyclic) bond motifs is 2. The van der Waals surface area contributed by atoms with Crippen LogP contribution in [0.5, 0.6) is 17.2 Å². The summed E-state index contributed by atoms with van der Waals surface area (Å²) in [6.45, 7) is 9.97. The number of rotatable bonds is 6. The van der Waals surface area contributed by atoms with Crippen LogP contribution in [-0.2, 0) is 17.8 Å². The summed E-state index contributed by atoms with van der Waals surface area (Å²) in [5, 5.41) is 10.6. The van der Waals surface area contributed by atoms with E-state index < -0.39 is 12.1 Å². The minimum Gasteiger partial charge on any atom is -0.495 e. The molecule has 0 spiro atoms. The van der Waals surface area contributed by atoms with Crippen molar-refractivity contribution < 1.29 is 24.1 Å². The zero-order valence-electron chi connectivity index (χ0n) is 17.5. The number of allylic oxidation sites excluding steroid dienone is 1. The molecule has 29 heavy (non-hydrogen) atoms. The second kappa shape index (κ2) is 8.70. The van der Waals surface area contributed by atoms with Crippen LogP contribution in [0.4, 0.5) is 0 Å². The number of aliphatic hydroxyl groups is 1. The summed E-state index contributed by atoms with van der Waals surface area (Å²) < 4.78 is 17.4. The van der Waals surface area contributed by atoms with Crippen molar-refractivity contribution in [3.63, 3.8) is 0 Å². The molecule has 5 nitrogen and oxygen atoms in total. The Bertz CT molecular complexity index is 929. The van der Waals surface area contributed by atoms with Gasteiger partial charge in [0.15, 0.2) is 0 Å². The van der Waals surface area contributed by atoms with Crippen molar-refractivity contribution in [3.8, 4) is 17.2 Å². The summed E-state index contributed by atoms with van der Waals surface area (Å²) in [6.07, 6.45) is 2.25. The highest BCUT2D eigenvalue weighted by atomic mass is 16.5. The number of aliphatic hydroxyl groups excluding tert-OH is 1. The average Bonchev–Trinajstić information content (AvgIpc) is 2.66. The number of ether oxygens (including phenoxy) is 3. The van der Waals surface area contributed by atoms with Crippen molar-refractivity contribution in [2.24, 2.45) is 5.92 Å². The second-order valence-corrected chi connectivity index (χ2v) is 7.79. The molecule has 3 rings (SSSR count). The van der Waals surface area contributed by atoms with E-state index in [1.807, 2.05) is 39.0 Å². The predicted molar refractivity (Wildman–Crippen MR) is 112 cm³/mol. The maximum atomic E-state index is 12.9. The van der Waals surface area contributed by atoms with Gasteiger partial charge in [0, 0.05) is 11.1 Å². The van der Waals surface area contributed by atoms with Gasteiger partial charge >= 0.3 is 5.97 Å². The van der Waals surface area contributed by atoms with Crippen molar-refractivity contribution in [1.82, 2.24) is 0 Å². The molecule has 0 bridgehead atoms. The minimum atomic E-state index is -0.750. The first kappa shape index (κ1) is 20.9. The van der Waals surface area contributed by atoms with Crippen LogP contribution >= 0.6 is 0 Å². The number of hydrogen-bond acceptors (Lipinski definition) is 5. The molecular formula is C24H28O5. The number of benzene rings is 2. The summed E-state index contributed by atoms with van der Waals surface area (Å²) in [6, 6.07) is 7.45. The molecule has 2 aromatic rings. The number of cyclic esters (lactones) is 1. The highest BCUT2D eigenvalue weighted by Gasteiger charge is 2.29. The standard InChI is InChI=1S/C24H28O5/c1-6-7-16-11-15(4)12-17-13-28-24(26)21-20(29-22(16)17)9-8-18(23(21)27-5)19(25)10-14(2)3/h6,8-9,11-12,14,19,25H,1,7,10,13H2,2-5H3. The molecule has 0 saturated carbocycles. The van der Waals surface area contributed by atoms with Crippen LogP contribution in [0.15, 0.2) is 36.9 Å². The number of hydrogen-bond donors (Lipinski definition) is 1. The Morgan fingerprint density at radius 1 is 1.31 bits per heavy atom. The van der Waals surface area contributed by atoms with E-state index in [0.29, 0.717) is 35.7 Å². The van der Waals surface area contributed by atoms with Gasteiger partial charge in [-0.1, -0.05) is 31.6 Å². The Labute approximate surface area is 171 Å². The SMILES string of the molecule is C=CCc1cc(C)cc2c1Oc1ccc(C(O)CC(C)C)c(OC)c1C(=O)OC2. The molecule has 0 amide bonds. The van der Waals surface area contributed by atoms with E-state index in [1.165, 1.54) is 7.11 Å². The Kier molecular flexibility index (Phi) is 6.28. The molecule has 154 valence electrons. The number of carbonyl (C=O) groups is 1. The maximum Gasteiger partial charge on any atom is 0.346 e. The van der Waals surface area contributed by atoms with Crippen LogP contribution in [0.2, 0.25) is 0 Å². The Hall–Kier alpha value is -2.79. The summed E-state index contributed by atoms with van der Waals surface area (Å²) in [7, 11) is 1.48. The van der Waals surface area contributed by atoms with Gasteiger partial charge in [-0.25, -0.2) is 4.79 Å². The molecule has 1 aliphatic rings. The van der Waals surface area contributed by atoms with Crippen LogP contribution in [0.1, 0.15) is 59.0 Å². The number of esters is 1. The lowest BCUT2D eigenvalue weighted by molar-refractivity contribution is 0.0454. The molecule has 1 heterocycles. The summed E-state index contributed by atoms with van der Waals surface area (Å²) in [4.78, 5) is 12.9. The quantitative estimate of drug-likeness (QED) is 0.532. The highest BCUT2D eigenvalue weighted by Crippen LogP contribution is 2.42. The Balaban J connectivity index is 2.14. The van der Waals surface area contributed by atoms with Crippen LogP contribution in [0.25, 0.3) is 0 Å². The van der Waals surface area contributed by atoms with E-state index in [9.17, 15) is 9.90 Å². The van der Waals surface area contributed by atoms with Crippen LogP contribution in [0, 0.1) is 12.8 Å². The summed E-state index contributed by atoms with van der Waals surface area (Å²) >= 11 is 0. The van der Waals surface area contributed by atoms with Crippen LogP contribution < -0.4 is 9.47 Å². The summed E-state index contributed by atoms with van der Waals surface area (Å²) in [5.74, 6) is 1.06. The third-order valence-corrected chi connectivity index (χ3v) is 4.93. The first-order valence-corrected chi connectivity index (χ1v) is 9.82. The van der Waals surface area contributed by atoms with E-state index in [4.69, 9.17) is 14.2 Å². The third-order valence-electron chi connectivity index (χ3n) is 4.93. The van der Waals surface area contributed by atoms with Crippen molar-refractivity contribution >= 4 is 5.97 Å². The number of aryl methyl sites for hydroxylation is 1. The number of carbonyl (C=O) groups excluding carboxylic acids is 1. The molecule has 0 aliphatic carbocycles. The maximum absolute atomic E-state index is 12.9. The molecule has 0 radical (unpaired) electrons. The van der Waals surface area contributed by atoms with Gasteiger partial charge in [-0.05, 0) is 49.4 Å². The van der Waals surface area contributed by atoms with Gasteiger partial charge in [0.2, 0.25) is 0 Å². The largest absolute Gasteiger partial charge is 0.495 e. The fourth-order valence-corrected chi connectivity index (χ4v) is 3.71. The molecule has 1 aliphatic heterocycles. The zero-order valence-corrected chi connectivity index (χ0v) is 17.5. The lowest BCUT2D eigenvalue weighted by atomic mass is 9.96. The lowest BCUT2D eigenvalue weighted by Gasteiger charge is -2.24. The summed E-state index contributed by atoms with van der Waals surface area (Å²) in [5.41, 5.74) is 3.59. The van der Waals surface area contributed by atoms with Crippen LogP contribution in [-0.4, -0.2) is 18.2 Å². The van der Waals surface area contributed by atoms with Crippen molar-refractivity contribution in [1.29, 1.82) is 0 Å². The average molecular weight is 396 g/mol. The molecular weight excluding hydrogens is 368 g/mol. The second-order valence-electron chi connectivity index (χ2n) is 7.79. The fourth-order valence-electron chi connectivity index (χ4n) is 3.71. The van der Waals surface area contributed by atoms with Crippen LogP contribution in [0.3, 0.4) is 0 Å². The van der Waals surface area contributed by atoms with E-state index in [0.717, 1.165) is 16.7 Å². The minimum absolute atomic E-state index is 0.0986. The van der Waals surface area contributed by atoms with Gasteiger partial charge in [-0.3, -0.25) is 0 Å². The van der Waals surface area contributed by atoms with Gasteiger partial charge in [-0.2, -0.15) is 0 Å². The highest BCUT2D eigenvalue weighted by molar-refractivity contribution is 5.96. The predicted octanol–water partition coefficient (Wildman–Crippen LogP) is 5.27. The first-order chi connectivity index (χ1) is 13.8. The monoisotopic (exact) mass is 396 g/mol. The Morgan fingerprint density at radius 3 is 2.72 bits per heavy atom. The lowest BCUT2D eigenvalue weighted by Crippen LogP contribution is -2.15. The smallest absolute Gasteiger partial charge is 0.346 e. The van der Waals surface area contributed by atoms with E-state index in [-0.39, 0.29) is 18.1 Å². The zero-order chi connectivity index (χ0) is 21.1. The number of methoxy groups -OCH3 is 1. The molecule has 0 fully saturated rings. The molecule has 1 N–H and O–H groups in total. The normalized spacial score (nSPS) is 14.1. The fraction of sp³-hybridized carbons (Fsp3) is 0.375.